The topological polar surface area (TPSA) is 55.1 Å². The Morgan fingerprint density at radius 1 is 1.39 bits per heavy atom. The van der Waals surface area contributed by atoms with Gasteiger partial charge in [-0.25, -0.2) is 0 Å². The molecular formula is C15H30N2O. The number of carbonyl (C=O) groups is 1. The van der Waals surface area contributed by atoms with Gasteiger partial charge in [0.25, 0.3) is 0 Å². The van der Waals surface area contributed by atoms with Crippen molar-refractivity contribution >= 4 is 5.91 Å². The molecule has 1 rings (SSSR count). The van der Waals surface area contributed by atoms with Gasteiger partial charge in [0.2, 0.25) is 5.91 Å². The number of rotatable bonds is 5. The van der Waals surface area contributed by atoms with Gasteiger partial charge in [-0.2, -0.15) is 0 Å². The van der Waals surface area contributed by atoms with Gasteiger partial charge in [-0.3, -0.25) is 4.79 Å². The number of hydrogen-bond donors (Lipinski definition) is 2. The third-order valence-corrected chi connectivity index (χ3v) is 4.89. The summed E-state index contributed by atoms with van der Waals surface area (Å²) in [5, 5.41) is 3.41. The van der Waals surface area contributed by atoms with Crippen LogP contribution in [0.4, 0.5) is 0 Å². The zero-order chi connectivity index (χ0) is 14.0. The van der Waals surface area contributed by atoms with Gasteiger partial charge in [0.1, 0.15) is 0 Å². The van der Waals surface area contributed by atoms with E-state index in [1.54, 1.807) is 0 Å². The van der Waals surface area contributed by atoms with E-state index >= 15 is 0 Å². The first-order valence-corrected chi connectivity index (χ1v) is 7.31. The Morgan fingerprint density at radius 3 is 2.22 bits per heavy atom. The Bertz CT molecular complexity index is 289. The molecule has 18 heavy (non-hydrogen) atoms. The molecule has 0 aliphatic heterocycles. The van der Waals surface area contributed by atoms with E-state index in [0.29, 0.717) is 17.4 Å². The van der Waals surface area contributed by atoms with E-state index in [0.717, 1.165) is 25.7 Å². The summed E-state index contributed by atoms with van der Waals surface area (Å²) in [5.41, 5.74) is 5.55. The summed E-state index contributed by atoms with van der Waals surface area (Å²) >= 11 is 0. The molecule has 0 aromatic heterocycles. The average molecular weight is 254 g/mol. The Labute approximate surface area is 112 Å². The first-order valence-electron chi connectivity index (χ1n) is 7.31. The highest BCUT2D eigenvalue weighted by molar-refractivity contribution is 5.84. The fourth-order valence-electron chi connectivity index (χ4n) is 3.20. The third kappa shape index (κ3) is 3.25. The van der Waals surface area contributed by atoms with Crippen molar-refractivity contribution in [3.05, 3.63) is 0 Å². The van der Waals surface area contributed by atoms with Gasteiger partial charge in [-0.15, -0.1) is 0 Å². The molecule has 1 aliphatic carbocycles. The predicted octanol–water partition coefficient (Wildman–Crippen LogP) is 2.83. The summed E-state index contributed by atoms with van der Waals surface area (Å²) in [5.74, 6) is 0.535. The van der Waals surface area contributed by atoms with Crippen molar-refractivity contribution in [1.82, 2.24) is 5.32 Å². The molecule has 0 heterocycles. The SMILES string of the molecule is CCC(C)(C)C1CCC(NC(C)C)(C(N)=O)CC1. The maximum Gasteiger partial charge on any atom is 0.237 e. The van der Waals surface area contributed by atoms with Crippen molar-refractivity contribution in [2.45, 2.75) is 78.3 Å². The van der Waals surface area contributed by atoms with Crippen LogP contribution in [0.1, 0.15) is 66.7 Å². The zero-order valence-corrected chi connectivity index (χ0v) is 12.7. The minimum absolute atomic E-state index is 0.177. The molecule has 1 fully saturated rings. The summed E-state index contributed by atoms with van der Waals surface area (Å²) < 4.78 is 0. The summed E-state index contributed by atoms with van der Waals surface area (Å²) in [6.07, 6.45) is 5.16. The molecular weight excluding hydrogens is 224 g/mol. The van der Waals surface area contributed by atoms with Crippen LogP contribution in [0.3, 0.4) is 0 Å². The lowest BCUT2D eigenvalue weighted by molar-refractivity contribution is -0.127. The van der Waals surface area contributed by atoms with E-state index in [4.69, 9.17) is 5.73 Å². The van der Waals surface area contributed by atoms with E-state index in [-0.39, 0.29) is 5.91 Å². The smallest absolute Gasteiger partial charge is 0.237 e. The van der Waals surface area contributed by atoms with Gasteiger partial charge in [0.15, 0.2) is 0 Å². The lowest BCUT2D eigenvalue weighted by Gasteiger charge is -2.44. The number of hydrogen-bond acceptors (Lipinski definition) is 2. The van der Waals surface area contributed by atoms with Gasteiger partial charge in [0, 0.05) is 6.04 Å². The second-order valence-electron chi connectivity index (χ2n) is 6.86. The summed E-state index contributed by atoms with van der Waals surface area (Å²) in [6.45, 7) is 11.1. The van der Waals surface area contributed by atoms with Crippen LogP contribution in [0.25, 0.3) is 0 Å². The van der Waals surface area contributed by atoms with Crippen LogP contribution in [0.2, 0.25) is 0 Å². The second kappa shape index (κ2) is 5.60. The van der Waals surface area contributed by atoms with Crippen LogP contribution in [0.5, 0.6) is 0 Å². The summed E-state index contributed by atoms with van der Waals surface area (Å²) in [7, 11) is 0. The quantitative estimate of drug-likeness (QED) is 0.792. The Balaban J connectivity index is 2.72. The molecule has 0 saturated heterocycles. The van der Waals surface area contributed by atoms with Crippen molar-refractivity contribution in [1.29, 1.82) is 0 Å². The van der Waals surface area contributed by atoms with Gasteiger partial charge < -0.3 is 11.1 Å². The molecule has 1 saturated carbocycles. The number of amides is 1. The van der Waals surface area contributed by atoms with Crippen LogP contribution in [0.15, 0.2) is 0 Å². The van der Waals surface area contributed by atoms with Crippen molar-refractivity contribution < 1.29 is 4.79 Å². The minimum atomic E-state index is -0.464. The van der Waals surface area contributed by atoms with Gasteiger partial charge in [-0.1, -0.05) is 27.2 Å². The molecule has 3 heteroatoms. The molecule has 0 bridgehead atoms. The third-order valence-electron chi connectivity index (χ3n) is 4.89. The van der Waals surface area contributed by atoms with Crippen LogP contribution < -0.4 is 11.1 Å². The molecule has 0 spiro atoms. The molecule has 3 nitrogen and oxygen atoms in total. The van der Waals surface area contributed by atoms with E-state index in [1.165, 1.54) is 6.42 Å². The normalized spacial score (nSPS) is 29.6. The highest BCUT2D eigenvalue weighted by Gasteiger charge is 2.43. The molecule has 1 aliphatic rings. The van der Waals surface area contributed by atoms with Crippen molar-refractivity contribution in [2.24, 2.45) is 17.1 Å². The Kier molecular flexibility index (Phi) is 4.82. The molecule has 3 N–H and O–H groups in total. The second-order valence-corrected chi connectivity index (χ2v) is 6.86. The van der Waals surface area contributed by atoms with Crippen LogP contribution in [0, 0.1) is 11.3 Å². The molecule has 106 valence electrons. The van der Waals surface area contributed by atoms with Gasteiger partial charge >= 0.3 is 0 Å². The lowest BCUT2D eigenvalue weighted by atomic mass is 9.65. The monoisotopic (exact) mass is 254 g/mol. The molecule has 0 aromatic carbocycles. The largest absolute Gasteiger partial charge is 0.368 e. The number of nitrogens with two attached hydrogens (primary N) is 1. The molecule has 0 radical (unpaired) electrons. The van der Waals surface area contributed by atoms with Crippen molar-refractivity contribution in [3.8, 4) is 0 Å². The first-order chi connectivity index (χ1) is 8.23. The van der Waals surface area contributed by atoms with Crippen molar-refractivity contribution in [3.63, 3.8) is 0 Å². The maximum absolute atomic E-state index is 11.8. The van der Waals surface area contributed by atoms with Crippen LogP contribution in [-0.4, -0.2) is 17.5 Å². The lowest BCUT2D eigenvalue weighted by Crippen LogP contribution is -2.59. The highest BCUT2D eigenvalue weighted by Crippen LogP contribution is 2.43. The first kappa shape index (κ1) is 15.5. The maximum atomic E-state index is 11.8. The van der Waals surface area contributed by atoms with Crippen LogP contribution in [-0.2, 0) is 4.79 Å². The minimum Gasteiger partial charge on any atom is -0.368 e. The van der Waals surface area contributed by atoms with Crippen molar-refractivity contribution in [2.75, 3.05) is 0 Å². The van der Waals surface area contributed by atoms with E-state index in [9.17, 15) is 4.79 Å². The fraction of sp³-hybridized carbons (Fsp3) is 0.933. The average Bonchev–Trinajstić information content (AvgIpc) is 2.28. The number of nitrogens with one attached hydrogen (secondary N) is 1. The molecule has 0 unspecified atom stereocenters. The Hall–Kier alpha value is -0.570. The van der Waals surface area contributed by atoms with Gasteiger partial charge in [0.05, 0.1) is 5.54 Å². The highest BCUT2D eigenvalue weighted by atomic mass is 16.1. The summed E-state index contributed by atoms with van der Waals surface area (Å²) in [4.78, 5) is 11.8. The standard InChI is InChI=1S/C15H30N2O/c1-6-14(4,5)12-7-9-15(10-8-12,13(16)18)17-11(2)3/h11-12,17H,6-10H2,1-5H3,(H2,16,18). The molecule has 1 amide bonds. The summed E-state index contributed by atoms with van der Waals surface area (Å²) in [6, 6.07) is 0.299. The van der Waals surface area contributed by atoms with E-state index in [1.807, 2.05) is 0 Å². The van der Waals surface area contributed by atoms with E-state index in [2.05, 4.69) is 39.9 Å². The molecule has 0 aromatic rings. The zero-order valence-electron chi connectivity index (χ0n) is 12.7. The number of primary amides is 1. The molecule has 0 atom stereocenters. The predicted molar refractivity (Wildman–Crippen MR) is 76.2 cm³/mol. The van der Waals surface area contributed by atoms with Gasteiger partial charge in [-0.05, 0) is 50.9 Å². The fourth-order valence-corrected chi connectivity index (χ4v) is 3.20. The van der Waals surface area contributed by atoms with E-state index < -0.39 is 5.54 Å². The number of carbonyl (C=O) groups excluding carboxylic acids is 1. The van der Waals surface area contributed by atoms with Crippen LogP contribution >= 0.6 is 0 Å². The Morgan fingerprint density at radius 2 is 1.89 bits per heavy atom.